The number of hydrogen-bond donors (Lipinski definition) is 1. The number of nitrogens with one attached hydrogen (secondary N) is 1. The largest absolute Gasteiger partial charge is 0.282 e. The lowest BCUT2D eigenvalue weighted by Gasteiger charge is -2.36. The molecule has 0 saturated heterocycles. The summed E-state index contributed by atoms with van der Waals surface area (Å²) in [7, 11) is -8.07. The molecule has 4 aromatic carbocycles. The molecule has 0 saturated carbocycles. The van der Waals surface area contributed by atoms with Gasteiger partial charge in [0.05, 0.1) is 21.4 Å². The van der Waals surface area contributed by atoms with E-state index in [1.54, 1.807) is 48.5 Å². The second kappa shape index (κ2) is 10.6. The molecule has 1 unspecified atom stereocenters. The molecule has 0 aliphatic heterocycles. The van der Waals surface area contributed by atoms with Crippen LogP contribution in [0.4, 0.5) is 0 Å². The molecule has 0 aromatic heterocycles. The minimum Gasteiger partial charge on any atom is -0.282 e. The number of benzene rings is 4. The van der Waals surface area contributed by atoms with Crippen molar-refractivity contribution in [2.75, 3.05) is 0 Å². The van der Waals surface area contributed by atoms with Crippen molar-refractivity contribution < 1.29 is 16.8 Å². The van der Waals surface area contributed by atoms with E-state index < -0.39 is 26.0 Å². The maximum atomic E-state index is 13.4. The van der Waals surface area contributed by atoms with Gasteiger partial charge in [0.2, 0.25) is 0 Å². The third-order valence-corrected chi connectivity index (χ3v) is 9.72. The van der Waals surface area contributed by atoms with Crippen LogP contribution in [0.25, 0.3) is 5.57 Å². The van der Waals surface area contributed by atoms with Gasteiger partial charge in [-0.2, -0.15) is 12.8 Å². The molecule has 6 nitrogen and oxygen atoms in total. The molecule has 1 atom stereocenters. The van der Waals surface area contributed by atoms with E-state index in [0.29, 0.717) is 22.4 Å². The van der Waals surface area contributed by atoms with Crippen molar-refractivity contribution in [2.24, 2.45) is 4.40 Å². The summed E-state index contributed by atoms with van der Waals surface area (Å²) in [5, 5.41) is 0. The van der Waals surface area contributed by atoms with E-state index in [1.165, 1.54) is 24.3 Å². The lowest BCUT2D eigenvalue weighted by molar-refractivity contribution is 0.586. The number of rotatable bonds is 7. The minimum atomic E-state index is -4.09. The van der Waals surface area contributed by atoms with Crippen LogP contribution in [0.3, 0.4) is 0 Å². The van der Waals surface area contributed by atoms with E-state index in [4.69, 9.17) is 0 Å². The molecule has 192 valence electrons. The van der Waals surface area contributed by atoms with Gasteiger partial charge in [-0.25, -0.2) is 8.42 Å². The summed E-state index contributed by atoms with van der Waals surface area (Å²) in [5.41, 5.74) is 2.41. The maximum Gasteiger partial charge on any atom is 0.282 e. The number of sulfonamides is 2. The van der Waals surface area contributed by atoms with E-state index in [9.17, 15) is 16.8 Å². The molecule has 0 radical (unpaired) electrons. The topological polar surface area (TPSA) is 92.7 Å². The Morgan fingerprint density at radius 2 is 1.13 bits per heavy atom. The third kappa shape index (κ3) is 5.40. The first-order valence-electron chi connectivity index (χ1n) is 11.4. The van der Waals surface area contributed by atoms with Gasteiger partial charge < -0.3 is 0 Å². The molecule has 10 heteroatoms. The van der Waals surface area contributed by atoms with Gasteiger partial charge in [0.1, 0.15) is 0 Å². The van der Waals surface area contributed by atoms with Crippen LogP contribution in [0, 0.1) is 0 Å². The highest BCUT2D eigenvalue weighted by molar-refractivity contribution is 9.10. The summed E-state index contributed by atoms with van der Waals surface area (Å²) in [4.78, 5) is 0.122. The molecule has 1 aliphatic carbocycles. The Morgan fingerprint density at radius 1 is 0.632 bits per heavy atom. The van der Waals surface area contributed by atoms with E-state index in [1.807, 2.05) is 36.4 Å². The van der Waals surface area contributed by atoms with Crippen LogP contribution in [0.15, 0.2) is 138 Å². The first-order chi connectivity index (χ1) is 18.2. The molecular formula is C28H20Br2N2O4S2. The summed E-state index contributed by atoms with van der Waals surface area (Å²) in [5.74, 6) is -0.707. The first-order valence-corrected chi connectivity index (χ1v) is 15.9. The Hall–Kier alpha value is -3.05. The van der Waals surface area contributed by atoms with Crippen LogP contribution in [0.2, 0.25) is 0 Å². The van der Waals surface area contributed by atoms with Gasteiger partial charge in [0.25, 0.3) is 20.0 Å². The fraction of sp³-hybridized carbons (Fsp3) is 0.0357. The van der Waals surface area contributed by atoms with Crippen LogP contribution in [-0.4, -0.2) is 22.5 Å². The minimum absolute atomic E-state index is 0.0383. The fourth-order valence-electron chi connectivity index (χ4n) is 4.18. The highest BCUT2D eigenvalue weighted by Crippen LogP contribution is 2.45. The van der Waals surface area contributed by atoms with Crippen LogP contribution in [0.5, 0.6) is 0 Å². The average Bonchev–Trinajstić information content (AvgIpc) is 2.90. The zero-order chi connectivity index (χ0) is 26.9. The van der Waals surface area contributed by atoms with Gasteiger partial charge in [-0.05, 0) is 59.7 Å². The standard InChI is InChI=1S/C28H20Br2N2O4S2/c29-21-11-15-23(16-12-21)37(33,34)31-27-25(19-7-3-1-4-8-19)28(26(27)20-9-5-2-6-10-20)32-38(35,36)24-17-13-22(30)14-18-24/h1-18,25,31H/b32-28+. The molecular weight excluding hydrogens is 652 g/mol. The lowest BCUT2D eigenvalue weighted by atomic mass is 9.73. The first kappa shape index (κ1) is 26.6. The van der Waals surface area contributed by atoms with Gasteiger partial charge in [0.15, 0.2) is 0 Å². The van der Waals surface area contributed by atoms with Gasteiger partial charge >= 0.3 is 0 Å². The summed E-state index contributed by atoms with van der Waals surface area (Å²) >= 11 is 6.65. The predicted molar refractivity (Wildman–Crippen MR) is 156 cm³/mol. The van der Waals surface area contributed by atoms with Gasteiger partial charge in [-0.3, -0.25) is 4.72 Å². The molecule has 0 heterocycles. The van der Waals surface area contributed by atoms with E-state index in [-0.39, 0.29) is 15.5 Å². The Labute approximate surface area is 238 Å². The van der Waals surface area contributed by atoms with Gasteiger partial charge in [-0.15, -0.1) is 0 Å². The quantitative estimate of drug-likeness (QED) is 0.242. The molecule has 38 heavy (non-hydrogen) atoms. The second-order valence-corrected chi connectivity index (χ2v) is 13.6. The number of allylic oxidation sites excluding steroid dienone is 2. The Morgan fingerprint density at radius 3 is 1.68 bits per heavy atom. The SMILES string of the molecule is O=S(=O)(/N=C1/C(c2ccccc2)=C(NS(=O)(=O)c2ccc(Br)cc2)C1c1ccccc1)c1ccc(Br)cc1. The Bertz CT molecular complexity index is 1750. The fourth-order valence-corrected chi connectivity index (χ4v) is 6.87. The Balaban J connectivity index is 1.71. The molecule has 5 rings (SSSR count). The third-order valence-electron chi connectivity index (χ3n) is 5.98. The predicted octanol–water partition coefficient (Wildman–Crippen LogP) is 6.53. The monoisotopic (exact) mass is 670 g/mol. The van der Waals surface area contributed by atoms with E-state index >= 15 is 0 Å². The molecule has 4 aromatic rings. The summed E-state index contributed by atoms with van der Waals surface area (Å²) in [6.07, 6.45) is 0. The van der Waals surface area contributed by atoms with Crippen molar-refractivity contribution in [2.45, 2.75) is 15.7 Å². The zero-order valence-electron chi connectivity index (χ0n) is 19.6. The second-order valence-electron chi connectivity index (χ2n) is 8.46. The zero-order valence-corrected chi connectivity index (χ0v) is 24.4. The smallest absolute Gasteiger partial charge is 0.282 e. The average molecular weight is 672 g/mol. The number of hydrogen-bond acceptors (Lipinski definition) is 4. The molecule has 1 N–H and O–H groups in total. The summed E-state index contributed by atoms with van der Waals surface area (Å²) in [6.45, 7) is 0. The molecule has 0 amide bonds. The summed E-state index contributed by atoms with van der Waals surface area (Å²) < 4.78 is 62.1. The van der Waals surface area contributed by atoms with E-state index in [2.05, 4.69) is 41.0 Å². The lowest BCUT2D eigenvalue weighted by Crippen LogP contribution is -2.39. The molecule has 0 fully saturated rings. The molecule has 1 aliphatic rings. The van der Waals surface area contributed by atoms with Gasteiger partial charge in [-0.1, -0.05) is 92.5 Å². The summed E-state index contributed by atoms with van der Waals surface area (Å²) in [6, 6.07) is 30.7. The highest BCUT2D eigenvalue weighted by Gasteiger charge is 2.42. The van der Waals surface area contributed by atoms with Crippen LogP contribution < -0.4 is 4.72 Å². The maximum absolute atomic E-state index is 13.4. The van der Waals surface area contributed by atoms with Crippen molar-refractivity contribution in [3.8, 4) is 0 Å². The van der Waals surface area contributed by atoms with E-state index in [0.717, 1.165) is 8.95 Å². The van der Waals surface area contributed by atoms with Crippen molar-refractivity contribution in [1.29, 1.82) is 0 Å². The van der Waals surface area contributed by atoms with Crippen molar-refractivity contribution in [1.82, 2.24) is 4.72 Å². The molecule has 0 bridgehead atoms. The van der Waals surface area contributed by atoms with Crippen molar-refractivity contribution in [3.63, 3.8) is 0 Å². The van der Waals surface area contributed by atoms with Crippen molar-refractivity contribution in [3.05, 3.63) is 135 Å². The highest BCUT2D eigenvalue weighted by atomic mass is 79.9. The van der Waals surface area contributed by atoms with Crippen LogP contribution >= 0.6 is 31.9 Å². The van der Waals surface area contributed by atoms with Crippen molar-refractivity contribution >= 4 is 63.2 Å². The van der Waals surface area contributed by atoms with Crippen LogP contribution in [0.1, 0.15) is 17.0 Å². The van der Waals surface area contributed by atoms with Gasteiger partial charge in [0, 0.05) is 20.2 Å². The van der Waals surface area contributed by atoms with Crippen LogP contribution in [-0.2, 0) is 20.0 Å². The molecule has 0 spiro atoms. The number of halogens is 2. The normalized spacial score (nSPS) is 16.8. The number of nitrogens with zero attached hydrogens (tertiary/aromatic N) is 1. The Kier molecular flexibility index (Phi) is 7.41.